The molecule has 0 aliphatic carbocycles. The van der Waals surface area contributed by atoms with Crippen LogP contribution in [0.15, 0.2) is 48.5 Å². The number of nitrogens with zero attached hydrogens (tertiary/aromatic N) is 1. The van der Waals surface area contributed by atoms with Gasteiger partial charge in [0.05, 0.1) is 12.4 Å². The molecule has 2 amide bonds. The van der Waals surface area contributed by atoms with Crippen LogP contribution in [0.3, 0.4) is 0 Å². The molecule has 0 unspecified atom stereocenters. The minimum Gasteiger partial charge on any atom is -0.496 e. The summed E-state index contributed by atoms with van der Waals surface area (Å²) in [6.45, 7) is 2.53. The van der Waals surface area contributed by atoms with Crippen LogP contribution >= 0.6 is 11.8 Å². The highest BCUT2D eigenvalue weighted by Gasteiger charge is 2.39. The van der Waals surface area contributed by atoms with Crippen molar-refractivity contribution < 1.29 is 18.7 Å². The molecule has 1 N–H and O–H groups in total. The van der Waals surface area contributed by atoms with Gasteiger partial charge in [0.15, 0.2) is 0 Å². The number of nitrogens with one attached hydrogen (secondary N) is 1. The van der Waals surface area contributed by atoms with Crippen molar-refractivity contribution >= 4 is 23.6 Å². The van der Waals surface area contributed by atoms with E-state index in [0.717, 1.165) is 16.9 Å². The molecule has 7 heteroatoms. The highest BCUT2D eigenvalue weighted by molar-refractivity contribution is 8.01. The van der Waals surface area contributed by atoms with Gasteiger partial charge in [0.1, 0.15) is 16.9 Å². The van der Waals surface area contributed by atoms with Gasteiger partial charge < -0.3 is 15.0 Å². The van der Waals surface area contributed by atoms with Crippen molar-refractivity contribution in [2.45, 2.75) is 30.5 Å². The van der Waals surface area contributed by atoms with Crippen LogP contribution < -0.4 is 10.1 Å². The molecule has 0 radical (unpaired) electrons. The molecule has 1 aliphatic rings. The van der Waals surface area contributed by atoms with Gasteiger partial charge in [0.25, 0.3) is 0 Å². The van der Waals surface area contributed by atoms with Gasteiger partial charge in [-0.15, -0.1) is 11.8 Å². The maximum absolute atomic E-state index is 12.9. The van der Waals surface area contributed by atoms with Crippen molar-refractivity contribution in [1.82, 2.24) is 10.2 Å². The van der Waals surface area contributed by atoms with Gasteiger partial charge in [-0.3, -0.25) is 9.59 Å². The Labute approximate surface area is 168 Å². The van der Waals surface area contributed by atoms with Crippen LogP contribution in [-0.4, -0.2) is 35.6 Å². The first-order valence-electron chi connectivity index (χ1n) is 9.09. The maximum atomic E-state index is 12.9. The summed E-state index contributed by atoms with van der Waals surface area (Å²) in [5, 5.41) is 2.47. The fourth-order valence-corrected chi connectivity index (χ4v) is 4.46. The zero-order valence-corrected chi connectivity index (χ0v) is 16.7. The van der Waals surface area contributed by atoms with Gasteiger partial charge in [-0.1, -0.05) is 30.3 Å². The largest absolute Gasteiger partial charge is 0.496 e. The number of ether oxygens (including phenoxy) is 1. The Morgan fingerprint density at radius 2 is 1.93 bits per heavy atom. The van der Waals surface area contributed by atoms with Gasteiger partial charge >= 0.3 is 0 Å². The normalized spacial score (nSPS) is 19.0. The van der Waals surface area contributed by atoms with E-state index in [-0.39, 0.29) is 34.7 Å². The number of halogens is 1. The van der Waals surface area contributed by atoms with E-state index in [9.17, 15) is 14.0 Å². The Morgan fingerprint density at radius 1 is 1.21 bits per heavy atom. The van der Waals surface area contributed by atoms with Gasteiger partial charge in [-0.2, -0.15) is 0 Å². The lowest BCUT2D eigenvalue weighted by Crippen LogP contribution is -2.34. The molecule has 0 aromatic heterocycles. The first kappa shape index (κ1) is 20.2. The summed E-state index contributed by atoms with van der Waals surface area (Å²) in [5.41, 5.74) is 1.75. The van der Waals surface area contributed by atoms with Gasteiger partial charge in [-0.25, -0.2) is 4.39 Å². The van der Waals surface area contributed by atoms with Crippen LogP contribution in [0.4, 0.5) is 4.39 Å². The smallest absolute Gasteiger partial charge is 0.236 e. The molecule has 1 heterocycles. The summed E-state index contributed by atoms with van der Waals surface area (Å²) in [6.07, 6.45) is 0.200. The molecule has 5 nitrogen and oxygen atoms in total. The second-order valence-corrected chi connectivity index (χ2v) is 7.98. The van der Waals surface area contributed by atoms with Crippen LogP contribution in [0.25, 0.3) is 0 Å². The van der Waals surface area contributed by atoms with E-state index >= 15 is 0 Å². The molecular weight excluding hydrogens is 379 g/mol. The Hall–Kier alpha value is -2.54. The van der Waals surface area contributed by atoms with E-state index in [1.165, 1.54) is 12.1 Å². The van der Waals surface area contributed by atoms with E-state index < -0.39 is 0 Å². The number of rotatable bonds is 7. The Balaban J connectivity index is 1.61. The first-order chi connectivity index (χ1) is 13.5. The lowest BCUT2D eigenvalue weighted by molar-refractivity contribution is -0.130. The second-order valence-electron chi connectivity index (χ2n) is 6.56. The quantitative estimate of drug-likeness (QED) is 0.770. The Bertz CT molecular complexity index is 844. The van der Waals surface area contributed by atoms with Crippen LogP contribution in [0.1, 0.15) is 29.8 Å². The van der Waals surface area contributed by atoms with E-state index in [4.69, 9.17) is 4.74 Å². The van der Waals surface area contributed by atoms with Crippen molar-refractivity contribution in [2.75, 3.05) is 13.7 Å². The van der Waals surface area contributed by atoms with E-state index in [1.54, 1.807) is 35.9 Å². The summed E-state index contributed by atoms with van der Waals surface area (Å²) in [7, 11) is 1.61. The van der Waals surface area contributed by atoms with Crippen molar-refractivity contribution in [3.05, 3.63) is 65.5 Å². The maximum Gasteiger partial charge on any atom is 0.236 e. The molecule has 0 spiro atoms. The average Bonchev–Trinajstić information content (AvgIpc) is 2.99. The third kappa shape index (κ3) is 4.65. The molecule has 1 fully saturated rings. The number of hydrogen-bond donors (Lipinski definition) is 1. The van der Waals surface area contributed by atoms with Gasteiger partial charge in [-0.05, 0) is 30.7 Å². The molecule has 1 aliphatic heterocycles. The minimum atomic E-state index is -0.309. The molecule has 2 aromatic carbocycles. The zero-order chi connectivity index (χ0) is 20.1. The second kappa shape index (κ2) is 9.10. The number of thioether (sulfide) groups is 1. The van der Waals surface area contributed by atoms with E-state index in [0.29, 0.717) is 13.1 Å². The fraction of sp³-hybridized carbons (Fsp3) is 0.333. The van der Waals surface area contributed by atoms with Crippen LogP contribution in [0.5, 0.6) is 5.75 Å². The molecule has 28 heavy (non-hydrogen) atoms. The van der Waals surface area contributed by atoms with Crippen LogP contribution in [-0.2, 0) is 16.1 Å². The monoisotopic (exact) mass is 402 g/mol. The molecule has 0 bridgehead atoms. The standard InChI is InChI=1S/C21H23FN2O3S/c1-14-20(26)24(21(28-14)17-5-3-4-6-18(17)27-2)12-11-19(25)23-13-15-7-9-16(22)10-8-15/h3-10,14,21H,11-13H2,1-2H3,(H,23,25)/t14-,21-/m0/s1. The highest BCUT2D eigenvalue weighted by Crippen LogP contribution is 2.45. The third-order valence-electron chi connectivity index (χ3n) is 4.63. The average molecular weight is 402 g/mol. The molecule has 3 rings (SSSR count). The molecule has 0 saturated carbocycles. The summed E-state index contributed by atoms with van der Waals surface area (Å²) in [4.78, 5) is 26.6. The minimum absolute atomic E-state index is 0.0206. The Kier molecular flexibility index (Phi) is 6.57. The predicted molar refractivity (Wildman–Crippen MR) is 107 cm³/mol. The van der Waals surface area contributed by atoms with Gasteiger partial charge in [0, 0.05) is 25.1 Å². The lowest BCUT2D eigenvalue weighted by atomic mass is 10.1. The third-order valence-corrected chi connectivity index (χ3v) is 6.01. The number of methoxy groups -OCH3 is 1. The number of carbonyl (C=O) groups is 2. The van der Waals surface area contributed by atoms with Gasteiger partial charge in [0.2, 0.25) is 11.8 Å². The molecular formula is C21H23FN2O3S. The van der Waals surface area contributed by atoms with E-state index in [2.05, 4.69) is 5.32 Å². The first-order valence-corrected chi connectivity index (χ1v) is 10.0. The number of amides is 2. The van der Waals surface area contributed by atoms with Crippen LogP contribution in [0, 0.1) is 5.82 Å². The van der Waals surface area contributed by atoms with E-state index in [1.807, 2.05) is 31.2 Å². The molecule has 2 aromatic rings. The topological polar surface area (TPSA) is 58.6 Å². The van der Waals surface area contributed by atoms with Crippen molar-refractivity contribution in [1.29, 1.82) is 0 Å². The predicted octanol–water partition coefficient (Wildman–Crippen LogP) is 3.50. The SMILES string of the molecule is COc1ccccc1[C@@H]1S[C@@H](C)C(=O)N1CCC(=O)NCc1ccc(F)cc1. The van der Waals surface area contributed by atoms with Crippen molar-refractivity contribution in [3.8, 4) is 5.75 Å². The van der Waals surface area contributed by atoms with Crippen molar-refractivity contribution in [2.24, 2.45) is 0 Å². The zero-order valence-electron chi connectivity index (χ0n) is 15.9. The summed E-state index contributed by atoms with van der Waals surface area (Å²) < 4.78 is 18.4. The summed E-state index contributed by atoms with van der Waals surface area (Å²) in [6, 6.07) is 13.6. The number of para-hydroxylation sites is 1. The highest BCUT2D eigenvalue weighted by atomic mass is 32.2. The Morgan fingerprint density at radius 3 is 2.64 bits per heavy atom. The lowest BCUT2D eigenvalue weighted by Gasteiger charge is -2.25. The fourth-order valence-electron chi connectivity index (χ4n) is 3.13. The number of hydrogen-bond acceptors (Lipinski definition) is 4. The van der Waals surface area contributed by atoms with Crippen LogP contribution in [0.2, 0.25) is 0 Å². The number of benzene rings is 2. The number of carbonyl (C=O) groups excluding carboxylic acids is 2. The molecule has 1 saturated heterocycles. The summed E-state index contributed by atoms with van der Waals surface area (Å²) in [5.74, 6) is 0.289. The molecule has 2 atom stereocenters. The summed E-state index contributed by atoms with van der Waals surface area (Å²) >= 11 is 1.56. The van der Waals surface area contributed by atoms with Crippen molar-refractivity contribution in [3.63, 3.8) is 0 Å². The molecule has 148 valence electrons.